The molecule has 0 amide bonds. The standard InChI is InChI=1S/C14H24N4O4.11H2/c1-12(2,21-6)14(4)13(3,20)7-9(22-14)18-8-16-10(15-5)17-11(18)19;;;;;;;;;;;/h8-9,20H,7H2,1-6H3,(H,15,17,19);11*1H/t9-,13+,14-;;;;;;;;;;;/m1.........../s1/i8D;2*1+1D;;;;;;;;;. The largest absolute Gasteiger partial charge is 0.387 e. The summed E-state index contributed by atoms with van der Waals surface area (Å²) in [5.41, 5.74) is -3.66. The molecule has 8 heteroatoms. The van der Waals surface area contributed by atoms with E-state index in [1.54, 1.807) is 27.7 Å². The van der Waals surface area contributed by atoms with Crippen molar-refractivity contribution in [2.45, 2.75) is 57.1 Å². The average Bonchev–Trinajstić information content (AvgIpc) is 2.88. The Morgan fingerprint density at radius 1 is 1.82 bits per heavy atom. The van der Waals surface area contributed by atoms with E-state index >= 15 is 0 Å². The van der Waals surface area contributed by atoms with E-state index in [1.807, 2.05) is 0 Å². The van der Waals surface area contributed by atoms with Crippen molar-refractivity contribution < 1.29 is 34.7 Å². The third-order valence-corrected chi connectivity index (χ3v) is 4.83. The Bertz CT molecular complexity index is 753. The predicted molar refractivity (Wildman–Crippen MR) is 102 cm³/mol. The first kappa shape index (κ1) is 13.0. The van der Waals surface area contributed by atoms with Gasteiger partial charge in [0.2, 0.25) is 5.62 Å². The smallest absolute Gasteiger partial charge is 0.331 e. The summed E-state index contributed by atoms with van der Waals surface area (Å²) in [4.78, 5) is 22.4. The highest BCUT2D eigenvalue weighted by Crippen LogP contribution is 2.50. The van der Waals surface area contributed by atoms with Gasteiger partial charge in [0.25, 0.3) is 0 Å². The van der Waals surface area contributed by atoms with Crippen LogP contribution in [0.15, 0.2) is 16.1 Å². The van der Waals surface area contributed by atoms with Crippen molar-refractivity contribution >= 4 is 0 Å². The molecule has 0 saturated carbocycles. The van der Waals surface area contributed by atoms with E-state index in [9.17, 15) is 9.90 Å². The Morgan fingerprint density at radius 3 is 2.95 bits per heavy atom. The second-order valence-electron chi connectivity index (χ2n) is 6.36. The number of nitrogens with one attached hydrogen (secondary N) is 1. The lowest BCUT2D eigenvalue weighted by atomic mass is 9.74. The van der Waals surface area contributed by atoms with Crippen molar-refractivity contribution in [3.63, 3.8) is 0 Å². The first-order chi connectivity index (χ1) is 12.5. The monoisotopic (exact) mass is 339 g/mol. The zero-order valence-corrected chi connectivity index (χ0v) is 13.8. The number of nitrogens with zero attached hydrogens (tertiary/aromatic N) is 3. The third-order valence-electron chi connectivity index (χ3n) is 4.83. The summed E-state index contributed by atoms with van der Waals surface area (Å²) >= 11 is 0. The Morgan fingerprint density at radius 2 is 2.45 bits per heavy atom. The van der Waals surface area contributed by atoms with Crippen LogP contribution in [0.3, 0.4) is 0 Å². The highest BCUT2D eigenvalue weighted by Gasteiger charge is 2.61. The van der Waals surface area contributed by atoms with Crippen molar-refractivity contribution in [3.05, 3.63) is 22.4 Å². The van der Waals surface area contributed by atoms with E-state index in [0.29, 0.717) is 0 Å². The lowest BCUT2D eigenvalue weighted by Crippen LogP contribution is -2.61. The molecule has 1 aromatic heterocycles. The number of methoxy groups -OCH3 is 1. The molecular formula is C14H46N4O4. The number of ether oxygens (including phenoxy) is 2. The lowest BCUT2D eigenvalue weighted by Gasteiger charge is -2.46. The average molecular weight is 340 g/mol. The SMILES string of the molecule is [2H][2H].[2H][2H].[2H]c1nc(=NC)[nH]c(=O)n1[C@H]1C[C@](C)(O)[C@@](C)(C(C)(C)OC)O1.[HH].[HH].[HH].[HH].[HH].[HH].[HH].[HH].[HH]. The van der Waals surface area contributed by atoms with Gasteiger partial charge in [-0.2, -0.15) is 0 Å². The van der Waals surface area contributed by atoms with Gasteiger partial charge in [0, 0.05) is 39.4 Å². The van der Waals surface area contributed by atoms with Gasteiger partial charge in [0.05, 0.1) is 11.2 Å². The Balaban J connectivity index is -0.0000000619. The molecule has 0 radical (unpaired) electrons. The van der Waals surface area contributed by atoms with Gasteiger partial charge < -0.3 is 14.6 Å². The number of hydrogen-bond acceptors (Lipinski definition) is 6. The maximum absolute atomic E-state index is 12.2. The summed E-state index contributed by atoms with van der Waals surface area (Å²) in [7, 11) is 3.00. The van der Waals surface area contributed by atoms with E-state index in [-0.39, 0.29) is 31.2 Å². The molecule has 22 heavy (non-hydrogen) atoms. The fourth-order valence-electron chi connectivity index (χ4n) is 2.74. The van der Waals surface area contributed by atoms with Gasteiger partial charge in [-0.1, -0.05) is 0 Å². The van der Waals surface area contributed by atoms with E-state index in [1.165, 1.54) is 14.2 Å². The zero-order valence-electron chi connectivity index (χ0n) is 18.8. The number of H-pyrrole nitrogens is 1. The first-order valence-electron chi connectivity index (χ1n) is 9.57. The number of aromatic nitrogens is 3. The first-order valence-corrected chi connectivity index (χ1v) is 7.07. The number of aliphatic hydroxyl groups is 1. The van der Waals surface area contributed by atoms with Crippen molar-refractivity contribution in [2.75, 3.05) is 14.2 Å². The molecular weight excluding hydrogens is 288 g/mol. The topological polar surface area (TPSA) is 102 Å². The molecule has 2 heterocycles. The van der Waals surface area contributed by atoms with E-state index in [4.69, 9.17) is 16.8 Å². The summed E-state index contributed by atoms with van der Waals surface area (Å²) in [6, 6.07) is 0. The van der Waals surface area contributed by atoms with Crippen molar-refractivity contribution in [3.8, 4) is 0 Å². The molecule has 1 aliphatic rings. The second kappa shape index (κ2) is 5.29. The van der Waals surface area contributed by atoms with Gasteiger partial charge in [-0.3, -0.25) is 14.5 Å². The van der Waals surface area contributed by atoms with Crippen LogP contribution in [0, 0.1) is 0 Å². The summed E-state index contributed by atoms with van der Waals surface area (Å²) in [5, 5.41) is 10.9. The van der Waals surface area contributed by atoms with Crippen molar-refractivity contribution in [1.82, 2.24) is 14.5 Å². The quantitative estimate of drug-likeness (QED) is 0.881. The molecule has 1 saturated heterocycles. The van der Waals surface area contributed by atoms with Gasteiger partial charge in [0.15, 0.2) is 0 Å². The van der Waals surface area contributed by atoms with Crippen LogP contribution < -0.4 is 11.3 Å². The van der Waals surface area contributed by atoms with Crippen molar-refractivity contribution in [2.24, 2.45) is 4.99 Å². The van der Waals surface area contributed by atoms with Gasteiger partial charge >= 0.3 is 5.69 Å². The van der Waals surface area contributed by atoms with Gasteiger partial charge in [-0.25, -0.2) is 9.78 Å². The molecule has 0 aliphatic carbocycles. The molecule has 1 fully saturated rings. The minimum absolute atomic E-state index is 0. The molecule has 1 aliphatic heterocycles. The van der Waals surface area contributed by atoms with Crippen LogP contribution in [0.5, 0.6) is 0 Å². The minimum atomic E-state index is -1.27. The maximum Gasteiger partial charge on any atom is 0.331 e. The number of aromatic amines is 1. The highest BCUT2D eigenvalue weighted by molar-refractivity contribution is 5.10. The molecule has 2 rings (SSSR count). The van der Waals surface area contributed by atoms with Crippen LogP contribution in [0.4, 0.5) is 0 Å². The van der Waals surface area contributed by atoms with Crippen LogP contribution in [-0.2, 0) is 9.47 Å². The molecule has 3 atom stereocenters. The molecule has 0 spiro atoms. The van der Waals surface area contributed by atoms with Crippen LogP contribution in [-0.4, -0.2) is 50.6 Å². The summed E-state index contributed by atoms with van der Waals surface area (Å²) in [6.07, 6.45) is -0.992. The van der Waals surface area contributed by atoms with Gasteiger partial charge in [-0.05, 0) is 27.7 Å². The van der Waals surface area contributed by atoms with Gasteiger partial charge in [0.1, 0.15) is 19.5 Å². The highest BCUT2D eigenvalue weighted by atomic mass is 16.6. The predicted octanol–water partition coefficient (Wildman–Crippen LogP) is 2.66. The Kier molecular flexibility index (Phi) is 3.12. The molecule has 0 unspecified atom stereocenters. The third kappa shape index (κ3) is 2.41. The number of hydrogen-bond donors (Lipinski definition) is 2. The molecule has 146 valence electrons. The van der Waals surface area contributed by atoms with Gasteiger partial charge in [-0.15, -0.1) is 0 Å². The van der Waals surface area contributed by atoms with Crippen LogP contribution >= 0.6 is 0 Å². The normalized spacial score (nSPS) is 34.8. The molecule has 1 aromatic rings. The maximum atomic E-state index is 12.2. The molecule has 2 N–H and O–H groups in total. The molecule has 8 nitrogen and oxygen atoms in total. The second-order valence-corrected chi connectivity index (χ2v) is 6.36. The Labute approximate surface area is 149 Å². The number of rotatable bonds is 3. The summed E-state index contributed by atoms with van der Waals surface area (Å²) in [6.45, 7) is 6.97. The molecule has 0 aromatic carbocycles. The van der Waals surface area contributed by atoms with E-state index in [2.05, 4.69) is 15.0 Å². The Hall–Kier alpha value is -1.51. The van der Waals surface area contributed by atoms with Crippen molar-refractivity contribution in [1.29, 1.82) is 0 Å². The van der Waals surface area contributed by atoms with E-state index < -0.39 is 28.7 Å². The zero-order chi connectivity index (χ0) is 21.6. The van der Waals surface area contributed by atoms with Crippen LogP contribution in [0.2, 0.25) is 0 Å². The fourth-order valence-corrected chi connectivity index (χ4v) is 2.74. The summed E-state index contributed by atoms with van der Waals surface area (Å²) in [5.74, 6) is 0. The summed E-state index contributed by atoms with van der Waals surface area (Å²) < 4.78 is 40.5. The molecule has 0 bridgehead atoms. The van der Waals surface area contributed by atoms with Crippen LogP contribution in [0.1, 0.15) is 60.5 Å². The van der Waals surface area contributed by atoms with E-state index in [0.717, 1.165) is 4.57 Å². The lowest BCUT2D eigenvalue weighted by molar-refractivity contribution is -0.225. The minimum Gasteiger partial charge on any atom is -0.387 e. The van der Waals surface area contributed by atoms with Crippen LogP contribution in [0.25, 0.3) is 0 Å². The fraction of sp³-hybridized carbons (Fsp3) is 0.786.